The maximum atomic E-state index is 11.6. The molecule has 1 heterocycles. The summed E-state index contributed by atoms with van der Waals surface area (Å²) in [4.78, 5) is 13.7. The Morgan fingerprint density at radius 3 is 2.75 bits per heavy atom. The fourth-order valence-corrected chi connectivity index (χ4v) is 1.76. The van der Waals surface area contributed by atoms with Gasteiger partial charge in [-0.3, -0.25) is 4.79 Å². The number of carbonyl (C=O) groups excluding carboxylic acids is 1. The Morgan fingerprint density at radius 2 is 2.05 bits per heavy atom. The van der Waals surface area contributed by atoms with Gasteiger partial charge >= 0.3 is 0 Å². The quantitative estimate of drug-likeness (QED) is 0.820. The Balaban J connectivity index is 1.72. The van der Waals surface area contributed by atoms with Gasteiger partial charge < -0.3 is 14.6 Å². The van der Waals surface area contributed by atoms with Crippen molar-refractivity contribution < 1.29 is 9.21 Å². The van der Waals surface area contributed by atoms with E-state index < -0.39 is 0 Å². The predicted octanol–water partition coefficient (Wildman–Crippen LogP) is 2.55. The average Bonchev–Trinajstić information content (AvgIpc) is 2.99. The fraction of sp³-hybridized carbons (Fsp3) is 0.188. The lowest BCUT2D eigenvalue weighted by atomic mass is 10.3. The van der Waals surface area contributed by atoms with Gasteiger partial charge in [-0.05, 0) is 30.3 Å². The number of rotatable bonds is 6. The van der Waals surface area contributed by atoms with E-state index in [0.717, 1.165) is 12.2 Å². The van der Waals surface area contributed by atoms with Gasteiger partial charge in [-0.2, -0.15) is 0 Å². The summed E-state index contributed by atoms with van der Waals surface area (Å²) in [6.07, 6.45) is 4.70. The molecule has 0 atom stereocenters. The van der Waals surface area contributed by atoms with E-state index in [2.05, 4.69) is 10.2 Å². The second-order valence-corrected chi connectivity index (χ2v) is 4.40. The first-order valence-corrected chi connectivity index (χ1v) is 6.51. The second kappa shape index (κ2) is 7.19. The molecule has 0 fully saturated rings. The molecule has 1 aromatic carbocycles. The van der Waals surface area contributed by atoms with Crippen LogP contribution in [0.25, 0.3) is 6.08 Å². The molecule has 0 aliphatic heterocycles. The van der Waals surface area contributed by atoms with Crippen LogP contribution < -0.4 is 10.2 Å². The fourth-order valence-electron chi connectivity index (χ4n) is 1.76. The van der Waals surface area contributed by atoms with Gasteiger partial charge in [-0.25, -0.2) is 0 Å². The summed E-state index contributed by atoms with van der Waals surface area (Å²) in [5, 5.41) is 2.84. The van der Waals surface area contributed by atoms with Crippen LogP contribution in [0.1, 0.15) is 5.76 Å². The largest absolute Gasteiger partial charge is 0.465 e. The number of benzene rings is 1. The minimum absolute atomic E-state index is 0.122. The maximum Gasteiger partial charge on any atom is 0.244 e. The lowest BCUT2D eigenvalue weighted by Gasteiger charge is -2.19. The van der Waals surface area contributed by atoms with Crippen LogP contribution in [0.5, 0.6) is 0 Å². The van der Waals surface area contributed by atoms with Crippen molar-refractivity contribution in [3.63, 3.8) is 0 Å². The summed E-state index contributed by atoms with van der Waals surface area (Å²) < 4.78 is 5.11. The number of hydrogen-bond acceptors (Lipinski definition) is 3. The molecule has 0 spiro atoms. The molecule has 0 saturated heterocycles. The van der Waals surface area contributed by atoms with Crippen molar-refractivity contribution in [2.75, 3.05) is 25.0 Å². The highest BCUT2D eigenvalue weighted by Gasteiger charge is 2.00. The number of para-hydroxylation sites is 1. The molecule has 4 nitrogen and oxygen atoms in total. The third-order valence-electron chi connectivity index (χ3n) is 2.89. The molecule has 2 rings (SSSR count). The molecule has 1 amide bonds. The Kier molecular flexibility index (Phi) is 5.00. The minimum atomic E-state index is -0.122. The van der Waals surface area contributed by atoms with Crippen molar-refractivity contribution in [1.29, 1.82) is 0 Å². The van der Waals surface area contributed by atoms with Gasteiger partial charge in [-0.1, -0.05) is 18.2 Å². The molecule has 2 aromatic rings. The zero-order valence-corrected chi connectivity index (χ0v) is 11.5. The van der Waals surface area contributed by atoms with E-state index in [1.165, 1.54) is 6.08 Å². The first kappa shape index (κ1) is 13.9. The Morgan fingerprint density at radius 1 is 1.25 bits per heavy atom. The van der Waals surface area contributed by atoms with Crippen LogP contribution in [-0.4, -0.2) is 26.0 Å². The van der Waals surface area contributed by atoms with Crippen LogP contribution in [0.3, 0.4) is 0 Å². The Bertz CT molecular complexity index is 547. The van der Waals surface area contributed by atoms with Crippen LogP contribution in [0, 0.1) is 0 Å². The van der Waals surface area contributed by atoms with Crippen molar-refractivity contribution in [3.05, 3.63) is 60.6 Å². The number of anilines is 1. The highest BCUT2D eigenvalue weighted by atomic mass is 16.3. The van der Waals surface area contributed by atoms with Gasteiger partial charge in [0, 0.05) is 31.9 Å². The summed E-state index contributed by atoms with van der Waals surface area (Å²) in [5.41, 5.74) is 1.13. The molecule has 104 valence electrons. The Labute approximate surface area is 118 Å². The standard InChI is InChI=1S/C16H18N2O2/c1-18(14-6-3-2-4-7-14)12-11-17-16(19)10-9-15-8-5-13-20-15/h2-10,13H,11-12H2,1H3,(H,17,19)/b10-9+. The number of likely N-dealkylation sites (N-methyl/N-ethyl adjacent to an activating group) is 1. The molecule has 20 heavy (non-hydrogen) atoms. The first-order valence-electron chi connectivity index (χ1n) is 6.51. The van der Waals surface area contributed by atoms with E-state index >= 15 is 0 Å². The molecule has 0 aliphatic carbocycles. The van der Waals surface area contributed by atoms with E-state index in [1.807, 2.05) is 37.4 Å². The summed E-state index contributed by atoms with van der Waals surface area (Å²) >= 11 is 0. The van der Waals surface area contributed by atoms with Gasteiger partial charge in [0.15, 0.2) is 0 Å². The molecule has 0 bridgehead atoms. The van der Waals surface area contributed by atoms with Gasteiger partial charge in [0.05, 0.1) is 6.26 Å². The lowest BCUT2D eigenvalue weighted by Crippen LogP contribution is -2.31. The molecular weight excluding hydrogens is 252 g/mol. The van der Waals surface area contributed by atoms with E-state index in [-0.39, 0.29) is 5.91 Å². The molecular formula is C16H18N2O2. The van der Waals surface area contributed by atoms with E-state index in [0.29, 0.717) is 12.3 Å². The zero-order chi connectivity index (χ0) is 14.2. The number of hydrogen-bond donors (Lipinski definition) is 1. The highest BCUT2D eigenvalue weighted by Crippen LogP contribution is 2.09. The Hall–Kier alpha value is -2.49. The molecule has 0 saturated carbocycles. The molecule has 0 radical (unpaired) electrons. The maximum absolute atomic E-state index is 11.6. The van der Waals surface area contributed by atoms with Gasteiger partial charge in [0.1, 0.15) is 5.76 Å². The van der Waals surface area contributed by atoms with Gasteiger partial charge in [-0.15, -0.1) is 0 Å². The molecule has 0 unspecified atom stereocenters. The monoisotopic (exact) mass is 270 g/mol. The topological polar surface area (TPSA) is 45.5 Å². The van der Waals surface area contributed by atoms with Gasteiger partial charge in [0.2, 0.25) is 5.91 Å². The molecule has 1 N–H and O–H groups in total. The van der Waals surface area contributed by atoms with Crippen molar-refractivity contribution in [2.45, 2.75) is 0 Å². The van der Waals surface area contributed by atoms with Crippen molar-refractivity contribution in [3.8, 4) is 0 Å². The smallest absolute Gasteiger partial charge is 0.244 e. The normalized spacial score (nSPS) is 10.7. The number of nitrogens with one attached hydrogen (secondary N) is 1. The predicted molar refractivity (Wildman–Crippen MR) is 80.5 cm³/mol. The first-order chi connectivity index (χ1) is 9.75. The SMILES string of the molecule is CN(CCNC(=O)/C=C/c1ccco1)c1ccccc1. The number of carbonyl (C=O) groups is 1. The van der Waals surface area contributed by atoms with Crippen LogP contribution in [0.15, 0.2) is 59.2 Å². The van der Waals surface area contributed by atoms with Crippen molar-refractivity contribution >= 4 is 17.7 Å². The molecule has 0 aliphatic rings. The van der Waals surface area contributed by atoms with Crippen LogP contribution >= 0.6 is 0 Å². The van der Waals surface area contributed by atoms with E-state index in [4.69, 9.17) is 4.42 Å². The second-order valence-electron chi connectivity index (χ2n) is 4.40. The lowest BCUT2D eigenvalue weighted by molar-refractivity contribution is -0.116. The zero-order valence-electron chi connectivity index (χ0n) is 11.5. The van der Waals surface area contributed by atoms with Crippen LogP contribution in [-0.2, 0) is 4.79 Å². The van der Waals surface area contributed by atoms with E-state index in [9.17, 15) is 4.79 Å². The number of amides is 1. The third-order valence-corrected chi connectivity index (χ3v) is 2.89. The highest BCUT2D eigenvalue weighted by molar-refractivity contribution is 5.91. The minimum Gasteiger partial charge on any atom is -0.465 e. The summed E-state index contributed by atoms with van der Waals surface area (Å²) in [5.74, 6) is 0.546. The van der Waals surface area contributed by atoms with Crippen molar-refractivity contribution in [1.82, 2.24) is 5.32 Å². The summed E-state index contributed by atoms with van der Waals surface area (Å²) in [6.45, 7) is 1.34. The third kappa shape index (κ3) is 4.31. The van der Waals surface area contributed by atoms with Crippen LogP contribution in [0.4, 0.5) is 5.69 Å². The molecule has 4 heteroatoms. The summed E-state index contributed by atoms with van der Waals surface area (Å²) in [6, 6.07) is 13.6. The molecule has 1 aromatic heterocycles. The van der Waals surface area contributed by atoms with Crippen molar-refractivity contribution in [2.24, 2.45) is 0 Å². The average molecular weight is 270 g/mol. The number of nitrogens with zero attached hydrogens (tertiary/aromatic N) is 1. The summed E-state index contributed by atoms with van der Waals surface area (Å²) in [7, 11) is 2.00. The number of furan rings is 1. The van der Waals surface area contributed by atoms with E-state index in [1.54, 1.807) is 24.5 Å². The van der Waals surface area contributed by atoms with Crippen LogP contribution in [0.2, 0.25) is 0 Å². The van der Waals surface area contributed by atoms with Gasteiger partial charge in [0.25, 0.3) is 0 Å².